The van der Waals surface area contributed by atoms with Crippen molar-refractivity contribution in [3.8, 4) is 0 Å². The highest BCUT2D eigenvalue weighted by Crippen LogP contribution is 2.28. The summed E-state index contributed by atoms with van der Waals surface area (Å²) in [5, 5.41) is 0.872. The fourth-order valence-electron chi connectivity index (χ4n) is 0.616. The molecule has 0 spiro atoms. The van der Waals surface area contributed by atoms with Gasteiger partial charge in [0.25, 0.3) is 0 Å². The van der Waals surface area contributed by atoms with Gasteiger partial charge in [-0.05, 0) is 22.0 Å². The molecular formula is C6H5BrCl2. The van der Waals surface area contributed by atoms with Crippen molar-refractivity contribution in [2.45, 2.75) is 11.8 Å². The fraction of sp³-hybridized carbons (Fsp3) is 0.333. The quantitative estimate of drug-likeness (QED) is 0.557. The van der Waals surface area contributed by atoms with Gasteiger partial charge in [-0.25, -0.2) is 0 Å². The molecule has 1 unspecified atom stereocenters. The number of hydrogen-bond acceptors (Lipinski definition) is 0. The van der Waals surface area contributed by atoms with Gasteiger partial charge in [-0.2, -0.15) is 0 Å². The van der Waals surface area contributed by atoms with Crippen LogP contribution in [0.3, 0.4) is 0 Å². The van der Waals surface area contributed by atoms with Gasteiger partial charge in [-0.3, -0.25) is 0 Å². The first-order chi connectivity index (χ1) is 4.20. The van der Waals surface area contributed by atoms with Crippen LogP contribution in [0, 0.1) is 0 Å². The highest BCUT2D eigenvalue weighted by Gasteiger charge is 2.09. The summed E-state index contributed by atoms with van der Waals surface area (Å²) in [6, 6.07) is 0. The Morgan fingerprint density at radius 1 is 1.67 bits per heavy atom. The minimum atomic E-state index is 0.0683. The molecule has 50 valence electrons. The lowest BCUT2D eigenvalue weighted by atomic mass is 10.2. The normalized spacial score (nSPS) is 27.2. The Hall–Kier alpha value is 0.540. The van der Waals surface area contributed by atoms with E-state index >= 15 is 0 Å². The predicted molar refractivity (Wildman–Crippen MR) is 45.2 cm³/mol. The van der Waals surface area contributed by atoms with Crippen molar-refractivity contribution in [1.82, 2.24) is 0 Å². The van der Waals surface area contributed by atoms with Crippen LogP contribution in [0.1, 0.15) is 6.42 Å². The summed E-state index contributed by atoms with van der Waals surface area (Å²) in [6.07, 6.45) is 4.53. The molecule has 0 aromatic heterocycles. The third-order valence-corrected chi connectivity index (χ3v) is 2.71. The lowest BCUT2D eigenvalue weighted by Gasteiger charge is -2.08. The lowest BCUT2D eigenvalue weighted by molar-refractivity contribution is 1.02. The van der Waals surface area contributed by atoms with Gasteiger partial charge in [0.15, 0.2) is 0 Å². The van der Waals surface area contributed by atoms with E-state index < -0.39 is 0 Å². The first kappa shape index (κ1) is 7.64. The Kier molecular flexibility index (Phi) is 2.62. The number of rotatable bonds is 0. The molecule has 0 amide bonds. The third kappa shape index (κ3) is 1.99. The van der Waals surface area contributed by atoms with Crippen LogP contribution >= 0.6 is 39.1 Å². The second kappa shape index (κ2) is 3.09. The van der Waals surface area contributed by atoms with Crippen molar-refractivity contribution >= 4 is 39.1 Å². The van der Waals surface area contributed by atoms with Gasteiger partial charge in [0, 0.05) is 15.9 Å². The highest BCUT2D eigenvalue weighted by atomic mass is 79.9. The molecule has 0 aromatic carbocycles. The lowest BCUT2D eigenvalue weighted by Crippen LogP contribution is -1.97. The average Bonchev–Trinajstić information content (AvgIpc) is 1.80. The Morgan fingerprint density at radius 2 is 2.33 bits per heavy atom. The van der Waals surface area contributed by atoms with E-state index in [1.54, 1.807) is 0 Å². The molecule has 1 rings (SSSR count). The monoisotopic (exact) mass is 226 g/mol. The molecule has 0 aromatic rings. The van der Waals surface area contributed by atoms with E-state index in [2.05, 4.69) is 15.9 Å². The van der Waals surface area contributed by atoms with Gasteiger partial charge in [0.1, 0.15) is 0 Å². The van der Waals surface area contributed by atoms with E-state index in [1.807, 2.05) is 12.2 Å². The molecule has 0 radical (unpaired) electrons. The largest absolute Gasteiger partial charge is 0.118 e. The first-order valence-corrected chi connectivity index (χ1v) is 4.17. The molecule has 3 heteroatoms. The van der Waals surface area contributed by atoms with Crippen LogP contribution in [0.15, 0.2) is 21.7 Å². The number of hydrogen-bond donors (Lipinski definition) is 0. The van der Waals surface area contributed by atoms with E-state index in [4.69, 9.17) is 23.2 Å². The summed E-state index contributed by atoms with van der Waals surface area (Å²) < 4.78 is 0.945. The van der Waals surface area contributed by atoms with Gasteiger partial charge in [0.2, 0.25) is 0 Å². The van der Waals surface area contributed by atoms with Crippen LogP contribution in [0.2, 0.25) is 0 Å². The molecule has 0 bridgehead atoms. The zero-order valence-electron chi connectivity index (χ0n) is 4.57. The van der Waals surface area contributed by atoms with E-state index in [9.17, 15) is 0 Å². The van der Waals surface area contributed by atoms with Crippen LogP contribution in [0.25, 0.3) is 0 Å². The smallest absolute Gasteiger partial charge is 0.0568 e. The maximum Gasteiger partial charge on any atom is 0.0568 e. The van der Waals surface area contributed by atoms with Crippen LogP contribution in [0.4, 0.5) is 0 Å². The van der Waals surface area contributed by atoms with Crippen molar-refractivity contribution < 1.29 is 0 Å². The average molecular weight is 228 g/mol. The molecule has 0 nitrogen and oxygen atoms in total. The molecule has 0 saturated heterocycles. The zero-order chi connectivity index (χ0) is 6.85. The molecule has 1 atom stereocenters. The van der Waals surface area contributed by atoms with Gasteiger partial charge >= 0.3 is 0 Å². The second-order valence-electron chi connectivity index (χ2n) is 1.83. The van der Waals surface area contributed by atoms with Crippen molar-refractivity contribution in [3.05, 3.63) is 21.7 Å². The topological polar surface area (TPSA) is 0 Å². The highest BCUT2D eigenvalue weighted by molar-refractivity contribution is 9.12. The van der Waals surface area contributed by atoms with Crippen LogP contribution in [-0.2, 0) is 0 Å². The summed E-state index contributed by atoms with van der Waals surface area (Å²) >= 11 is 14.8. The van der Waals surface area contributed by atoms with Gasteiger partial charge in [-0.15, -0.1) is 11.6 Å². The fourth-order valence-corrected chi connectivity index (χ4v) is 1.47. The van der Waals surface area contributed by atoms with Gasteiger partial charge in [0.05, 0.1) is 5.38 Å². The summed E-state index contributed by atoms with van der Waals surface area (Å²) in [5.74, 6) is 0. The Bertz CT molecular complexity index is 172. The van der Waals surface area contributed by atoms with E-state index in [0.29, 0.717) is 0 Å². The summed E-state index contributed by atoms with van der Waals surface area (Å²) in [6.45, 7) is 0. The second-order valence-corrected chi connectivity index (χ2v) is 3.70. The molecule has 9 heavy (non-hydrogen) atoms. The minimum absolute atomic E-state index is 0.0683. The number of alkyl halides is 1. The van der Waals surface area contributed by atoms with Crippen LogP contribution in [-0.4, -0.2) is 5.38 Å². The molecule has 1 aliphatic rings. The number of allylic oxidation sites excluding steroid dienone is 4. The van der Waals surface area contributed by atoms with E-state index in [0.717, 1.165) is 15.9 Å². The molecular weight excluding hydrogens is 223 g/mol. The van der Waals surface area contributed by atoms with Crippen LogP contribution < -0.4 is 0 Å². The summed E-state index contributed by atoms with van der Waals surface area (Å²) in [5.41, 5.74) is 0. The van der Waals surface area contributed by atoms with Crippen LogP contribution in [0.5, 0.6) is 0 Å². The maximum absolute atomic E-state index is 5.76. The Morgan fingerprint density at radius 3 is 2.78 bits per heavy atom. The molecule has 0 N–H and O–H groups in total. The molecule has 0 fully saturated rings. The standard InChI is InChI=1S/C6H5BrCl2/c7-5-2-1-4(8)3-6(5)9/h1-2,4H,3H2. The first-order valence-electron chi connectivity index (χ1n) is 2.56. The molecule has 1 aliphatic carbocycles. The zero-order valence-corrected chi connectivity index (χ0v) is 7.67. The molecule has 0 saturated carbocycles. The van der Waals surface area contributed by atoms with Gasteiger partial charge < -0.3 is 0 Å². The van der Waals surface area contributed by atoms with Gasteiger partial charge in [-0.1, -0.05) is 17.7 Å². The summed E-state index contributed by atoms with van der Waals surface area (Å²) in [7, 11) is 0. The van der Waals surface area contributed by atoms with Crippen molar-refractivity contribution in [1.29, 1.82) is 0 Å². The SMILES string of the molecule is ClC1=C(Br)C=CC(Cl)C1. The molecule has 0 heterocycles. The maximum atomic E-state index is 5.76. The van der Waals surface area contributed by atoms with Crippen molar-refractivity contribution in [3.63, 3.8) is 0 Å². The van der Waals surface area contributed by atoms with E-state index in [1.165, 1.54) is 0 Å². The minimum Gasteiger partial charge on any atom is -0.118 e. The van der Waals surface area contributed by atoms with E-state index in [-0.39, 0.29) is 5.38 Å². The Labute approximate surface area is 72.7 Å². The predicted octanol–water partition coefficient (Wildman–Crippen LogP) is 3.40. The number of halogens is 3. The van der Waals surface area contributed by atoms with Crippen molar-refractivity contribution in [2.24, 2.45) is 0 Å². The Balaban J connectivity index is 2.75. The third-order valence-electron chi connectivity index (χ3n) is 1.08. The molecule has 0 aliphatic heterocycles. The summed E-state index contributed by atoms with van der Waals surface area (Å²) in [4.78, 5) is 0. The van der Waals surface area contributed by atoms with Crippen molar-refractivity contribution in [2.75, 3.05) is 0 Å².